The Morgan fingerprint density at radius 3 is 1.59 bits per heavy atom. The van der Waals surface area contributed by atoms with Crippen molar-refractivity contribution in [2.45, 2.75) is 13.2 Å². The molecule has 3 heterocycles. The minimum Gasteiger partial charge on any atom is -0.474 e. The quantitative estimate of drug-likeness (QED) is 0.368. The number of nitrogens with zero attached hydrogens (tertiary/aromatic N) is 5. The van der Waals surface area contributed by atoms with Gasteiger partial charge in [-0.3, -0.25) is 14.6 Å². The Balaban J connectivity index is 1.32. The van der Waals surface area contributed by atoms with E-state index in [1.807, 2.05) is 18.2 Å². The van der Waals surface area contributed by atoms with E-state index < -0.39 is 0 Å². The molecule has 0 aliphatic heterocycles. The molecule has 0 radical (unpaired) electrons. The van der Waals surface area contributed by atoms with Crippen LogP contribution in [0.25, 0.3) is 0 Å². The molecule has 11 nitrogen and oxygen atoms in total. The molecule has 0 unspecified atom stereocenters. The average molecular weight is 443 g/mol. The first kappa shape index (κ1) is 23.1. The van der Waals surface area contributed by atoms with E-state index in [1.165, 1.54) is 33.6 Å². The smallest absolute Gasteiger partial charge is 0.266 e. The fourth-order valence-corrected chi connectivity index (χ4v) is 2.57. The van der Waals surface area contributed by atoms with E-state index in [2.05, 4.69) is 15.2 Å². The number of ether oxygens (including phenoxy) is 4. The Hall–Kier alpha value is -3.57. The molecule has 32 heavy (non-hydrogen) atoms. The predicted octanol–water partition coefficient (Wildman–Crippen LogP) is 0.460. The van der Waals surface area contributed by atoms with Gasteiger partial charge in [0.15, 0.2) is 0 Å². The number of hydrogen-bond acceptors (Lipinski definition) is 9. The highest BCUT2D eigenvalue weighted by molar-refractivity contribution is 5.10. The van der Waals surface area contributed by atoms with E-state index in [1.54, 1.807) is 14.1 Å². The lowest BCUT2D eigenvalue weighted by Gasteiger charge is -2.09. The lowest BCUT2D eigenvalue weighted by Crippen LogP contribution is -2.19. The van der Waals surface area contributed by atoms with Crippen molar-refractivity contribution in [1.82, 2.24) is 24.5 Å². The Morgan fingerprint density at radius 2 is 1.16 bits per heavy atom. The number of rotatable bonds is 12. The second-order valence-corrected chi connectivity index (χ2v) is 6.69. The lowest BCUT2D eigenvalue weighted by molar-refractivity contribution is 0.0800. The monoisotopic (exact) mass is 443 g/mol. The van der Waals surface area contributed by atoms with E-state index in [4.69, 9.17) is 18.9 Å². The first-order chi connectivity index (χ1) is 15.5. The molecule has 3 aromatic rings. The Bertz CT molecular complexity index is 1050. The fraction of sp³-hybridized carbons (Fsp3) is 0.381. The first-order valence-corrected chi connectivity index (χ1v) is 9.96. The maximum absolute atomic E-state index is 11.3. The van der Waals surface area contributed by atoms with Gasteiger partial charge >= 0.3 is 0 Å². The lowest BCUT2D eigenvalue weighted by atomic mass is 10.3. The number of pyridine rings is 1. The Morgan fingerprint density at radius 1 is 0.688 bits per heavy atom. The maximum atomic E-state index is 11.3. The van der Waals surface area contributed by atoms with E-state index >= 15 is 0 Å². The number of hydrogen-bond donors (Lipinski definition) is 0. The molecule has 3 aromatic heterocycles. The van der Waals surface area contributed by atoms with Gasteiger partial charge in [-0.25, -0.2) is 9.36 Å². The van der Waals surface area contributed by atoms with Gasteiger partial charge in [0.25, 0.3) is 11.1 Å². The van der Waals surface area contributed by atoms with Crippen molar-refractivity contribution in [1.29, 1.82) is 0 Å². The first-order valence-electron chi connectivity index (χ1n) is 9.96. The van der Waals surface area contributed by atoms with Crippen molar-refractivity contribution in [3.05, 3.63) is 74.6 Å². The molecule has 0 saturated carbocycles. The summed E-state index contributed by atoms with van der Waals surface area (Å²) in [5.74, 6) is 0.730. The summed E-state index contributed by atoms with van der Waals surface area (Å²) in [5.41, 5.74) is 1.16. The maximum Gasteiger partial charge on any atom is 0.266 e. The van der Waals surface area contributed by atoms with Crippen LogP contribution in [0.4, 0.5) is 0 Å². The SMILES string of the molecule is Cn1nc(OCCOCc2cccc(COCCOc3ccc(=O)n(C)n3)n2)ccc1=O. The fourth-order valence-electron chi connectivity index (χ4n) is 2.57. The molecule has 0 aliphatic rings. The molecule has 0 spiro atoms. The third kappa shape index (κ3) is 7.29. The number of aromatic nitrogens is 5. The molecule has 0 aromatic carbocycles. The van der Waals surface area contributed by atoms with E-state index in [-0.39, 0.29) is 11.1 Å². The number of aryl methyl sites for hydroxylation is 2. The van der Waals surface area contributed by atoms with Gasteiger partial charge in [0.05, 0.1) is 37.8 Å². The van der Waals surface area contributed by atoms with E-state index in [9.17, 15) is 9.59 Å². The predicted molar refractivity (Wildman–Crippen MR) is 113 cm³/mol. The van der Waals surface area contributed by atoms with Crippen LogP contribution in [0.5, 0.6) is 11.8 Å². The van der Waals surface area contributed by atoms with Crippen LogP contribution >= 0.6 is 0 Å². The zero-order valence-electron chi connectivity index (χ0n) is 18.0. The van der Waals surface area contributed by atoms with Crippen molar-refractivity contribution < 1.29 is 18.9 Å². The summed E-state index contributed by atoms with van der Waals surface area (Å²) in [6.45, 7) is 1.97. The summed E-state index contributed by atoms with van der Waals surface area (Å²) < 4.78 is 24.5. The molecule has 11 heteroatoms. The van der Waals surface area contributed by atoms with Crippen molar-refractivity contribution in [3.8, 4) is 11.8 Å². The molecule has 0 bridgehead atoms. The summed E-state index contributed by atoms with van der Waals surface area (Å²) in [4.78, 5) is 27.1. The van der Waals surface area contributed by atoms with Crippen LogP contribution in [-0.2, 0) is 36.8 Å². The molecular formula is C21H25N5O6. The normalized spacial score (nSPS) is 10.8. The zero-order valence-corrected chi connectivity index (χ0v) is 18.0. The largest absolute Gasteiger partial charge is 0.474 e. The van der Waals surface area contributed by atoms with Gasteiger partial charge in [0.1, 0.15) is 13.2 Å². The Kier molecular flexibility index (Phi) is 8.46. The summed E-state index contributed by atoms with van der Waals surface area (Å²) in [5, 5.41) is 7.96. The van der Waals surface area contributed by atoms with E-state index in [0.717, 1.165) is 11.4 Å². The molecule has 3 rings (SSSR count). The van der Waals surface area contributed by atoms with Crippen LogP contribution in [0.1, 0.15) is 11.4 Å². The summed E-state index contributed by atoms with van der Waals surface area (Å²) in [6, 6.07) is 11.5. The summed E-state index contributed by atoms with van der Waals surface area (Å²) >= 11 is 0. The standard InChI is InChI=1S/C21H25N5O6/c1-25-20(27)8-6-18(23-25)31-12-10-29-14-16-4-3-5-17(22-16)15-30-11-13-32-19-7-9-21(28)26(2)24-19/h3-9H,10-15H2,1-2H3. The molecule has 170 valence electrons. The van der Waals surface area contributed by atoms with Gasteiger partial charge in [-0.2, -0.15) is 0 Å². The van der Waals surface area contributed by atoms with Crippen molar-refractivity contribution >= 4 is 0 Å². The molecule has 0 atom stereocenters. The van der Waals surface area contributed by atoms with Gasteiger partial charge in [-0.15, -0.1) is 10.2 Å². The van der Waals surface area contributed by atoms with E-state index in [0.29, 0.717) is 51.4 Å². The van der Waals surface area contributed by atoms with Crippen LogP contribution in [0, 0.1) is 0 Å². The molecule has 0 amide bonds. The van der Waals surface area contributed by atoms with Gasteiger partial charge in [0, 0.05) is 38.4 Å². The third-order valence-electron chi connectivity index (χ3n) is 4.19. The minimum atomic E-state index is -0.197. The molecule has 0 fully saturated rings. The Labute approximate surface area is 184 Å². The minimum absolute atomic E-state index is 0.197. The van der Waals surface area contributed by atoms with Gasteiger partial charge < -0.3 is 18.9 Å². The van der Waals surface area contributed by atoms with Gasteiger partial charge in [-0.1, -0.05) is 6.07 Å². The van der Waals surface area contributed by atoms with Crippen molar-refractivity contribution in [2.75, 3.05) is 26.4 Å². The second kappa shape index (κ2) is 11.7. The van der Waals surface area contributed by atoms with Crippen LogP contribution in [0.2, 0.25) is 0 Å². The molecule has 0 N–H and O–H groups in total. The highest BCUT2D eigenvalue weighted by atomic mass is 16.5. The van der Waals surface area contributed by atoms with Crippen molar-refractivity contribution in [2.24, 2.45) is 14.1 Å². The van der Waals surface area contributed by atoms with Gasteiger partial charge in [0.2, 0.25) is 11.8 Å². The highest BCUT2D eigenvalue weighted by Gasteiger charge is 2.02. The molecule has 0 saturated heterocycles. The summed E-state index contributed by atoms with van der Waals surface area (Å²) in [7, 11) is 3.12. The highest BCUT2D eigenvalue weighted by Crippen LogP contribution is 2.05. The second-order valence-electron chi connectivity index (χ2n) is 6.69. The van der Waals surface area contributed by atoms with Gasteiger partial charge in [-0.05, 0) is 12.1 Å². The van der Waals surface area contributed by atoms with Crippen LogP contribution in [0.15, 0.2) is 52.1 Å². The zero-order chi connectivity index (χ0) is 22.8. The van der Waals surface area contributed by atoms with Crippen LogP contribution < -0.4 is 20.6 Å². The third-order valence-corrected chi connectivity index (χ3v) is 4.19. The van der Waals surface area contributed by atoms with Crippen LogP contribution in [0.3, 0.4) is 0 Å². The van der Waals surface area contributed by atoms with Crippen molar-refractivity contribution in [3.63, 3.8) is 0 Å². The topological polar surface area (TPSA) is 120 Å². The molecule has 0 aliphatic carbocycles. The van der Waals surface area contributed by atoms with Crippen LogP contribution in [-0.4, -0.2) is 51.0 Å². The average Bonchev–Trinajstić information content (AvgIpc) is 2.78. The summed E-state index contributed by atoms with van der Waals surface area (Å²) in [6.07, 6.45) is 0. The molecular weight excluding hydrogens is 418 g/mol.